The number of halogens is 1. The van der Waals surface area contributed by atoms with Crippen LogP contribution in [0.5, 0.6) is 5.88 Å². The Kier molecular flexibility index (Phi) is 5.22. The molecule has 0 aliphatic heterocycles. The predicted molar refractivity (Wildman–Crippen MR) is 79.4 cm³/mol. The minimum atomic E-state index is -2.25. The number of carboxylic acid groups (broad SMARTS) is 1. The van der Waals surface area contributed by atoms with Gasteiger partial charge in [-0.3, -0.25) is 4.79 Å². The topological polar surface area (TPSA) is 140 Å². The van der Waals surface area contributed by atoms with Gasteiger partial charge in [0.2, 0.25) is 0 Å². The van der Waals surface area contributed by atoms with Gasteiger partial charge in [-0.2, -0.15) is 0 Å². The summed E-state index contributed by atoms with van der Waals surface area (Å²) < 4.78 is 5.22. The second-order valence-electron chi connectivity index (χ2n) is 4.85. The number of fused-ring (bicyclic) bond motifs is 1. The second kappa shape index (κ2) is 6.97. The number of H-pyrrole nitrogens is 1. The average molecular weight is 344 g/mol. The Hall–Kier alpha value is -2.13. The van der Waals surface area contributed by atoms with Crippen LogP contribution in [-0.4, -0.2) is 62.1 Å². The molecule has 0 radical (unpaired) electrons. The fourth-order valence-electron chi connectivity index (χ4n) is 1.99. The molecule has 0 unspecified atom stereocenters. The molecule has 2 rings (SSSR count). The standard InChI is InChI=1S/C14H14ClNO7/c15-7-2-1-6-3-10(16-8(6)4-7)23-9(5-17)11(18)12(19)13(20)14(21)22/h1-5,9,11-13,16,18-20H,(H,21,22)/t9-,11+,12-,13-/m0/s1. The lowest BCUT2D eigenvalue weighted by Gasteiger charge is -2.24. The number of aromatic nitrogens is 1. The van der Waals surface area contributed by atoms with Gasteiger partial charge in [0, 0.05) is 22.0 Å². The summed E-state index contributed by atoms with van der Waals surface area (Å²) in [5.41, 5.74) is 0.623. The van der Waals surface area contributed by atoms with E-state index in [9.17, 15) is 24.9 Å². The minimum absolute atomic E-state index is 0.107. The van der Waals surface area contributed by atoms with Crippen LogP contribution in [0.1, 0.15) is 0 Å². The molecule has 1 aromatic carbocycles. The average Bonchev–Trinajstić information content (AvgIpc) is 2.91. The van der Waals surface area contributed by atoms with Gasteiger partial charge in [-0.15, -0.1) is 0 Å². The van der Waals surface area contributed by atoms with Crippen LogP contribution in [0, 0.1) is 0 Å². The summed E-state index contributed by atoms with van der Waals surface area (Å²) in [6.07, 6.45) is -7.67. The van der Waals surface area contributed by atoms with Gasteiger partial charge in [-0.25, -0.2) is 4.79 Å². The molecular formula is C14H14ClNO7. The maximum Gasteiger partial charge on any atom is 0.335 e. The number of aliphatic hydroxyl groups is 3. The fraction of sp³-hybridized carbons (Fsp3) is 0.286. The van der Waals surface area contributed by atoms with E-state index in [1.165, 1.54) is 6.07 Å². The molecule has 4 atom stereocenters. The van der Waals surface area contributed by atoms with E-state index in [-0.39, 0.29) is 12.2 Å². The van der Waals surface area contributed by atoms with E-state index in [0.29, 0.717) is 10.5 Å². The first kappa shape index (κ1) is 17.2. The van der Waals surface area contributed by atoms with Crippen LogP contribution in [0.25, 0.3) is 10.9 Å². The fourth-order valence-corrected chi connectivity index (χ4v) is 2.16. The van der Waals surface area contributed by atoms with Crippen molar-refractivity contribution in [2.75, 3.05) is 0 Å². The third-order valence-corrected chi connectivity index (χ3v) is 3.46. The van der Waals surface area contributed by atoms with Crippen molar-refractivity contribution < 1.29 is 34.8 Å². The van der Waals surface area contributed by atoms with Gasteiger partial charge in [0.15, 0.2) is 24.4 Å². The highest BCUT2D eigenvalue weighted by molar-refractivity contribution is 6.31. The number of ether oxygens (including phenoxy) is 1. The van der Waals surface area contributed by atoms with E-state index in [2.05, 4.69) is 4.98 Å². The molecular weight excluding hydrogens is 330 g/mol. The van der Waals surface area contributed by atoms with Crippen molar-refractivity contribution in [2.45, 2.75) is 24.4 Å². The highest BCUT2D eigenvalue weighted by atomic mass is 35.5. The molecule has 2 aromatic rings. The molecule has 5 N–H and O–H groups in total. The number of aliphatic carboxylic acids is 1. The molecule has 0 amide bonds. The summed E-state index contributed by atoms with van der Waals surface area (Å²) in [6, 6.07) is 6.52. The smallest absolute Gasteiger partial charge is 0.335 e. The first-order valence-corrected chi connectivity index (χ1v) is 6.88. The highest BCUT2D eigenvalue weighted by Gasteiger charge is 2.36. The zero-order valence-corrected chi connectivity index (χ0v) is 12.3. The van der Waals surface area contributed by atoms with E-state index in [1.807, 2.05) is 0 Å². The van der Waals surface area contributed by atoms with E-state index >= 15 is 0 Å². The lowest BCUT2D eigenvalue weighted by molar-refractivity contribution is -0.162. The van der Waals surface area contributed by atoms with Gasteiger partial charge in [-0.1, -0.05) is 17.7 Å². The van der Waals surface area contributed by atoms with Crippen molar-refractivity contribution in [3.05, 3.63) is 29.3 Å². The number of benzene rings is 1. The van der Waals surface area contributed by atoms with Gasteiger partial charge in [0.25, 0.3) is 0 Å². The van der Waals surface area contributed by atoms with Crippen LogP contribution >= 0.6 is 11.6 Å². The van der Waals surface area contributed by atoms with Crippen LogP contribution in [0.4, 0.5) is 0 Å². The lowest BCUT2D eigenvalue weighted by Crippen LogP contribution is -2.50. The molecule has 1 heterocycles. The Balaban J connectivity index is 2.17. The summed E-state index contributed by atoms with van der Waals surface area (Å²) in [4.78, 5) is 24.5. The predicted octanol–water partition coefficient (Wildman–Crippen LogP) is -0.0651. The Morgan fingerprint density at radius 3 is 2.52 bits per heavy atom. The van der Waals surface area contributed by atoms with Crippen LogP contribution in [-0.2, 0) is 9.59 Å². The third kappa shape index (κ3) is 3.80. The molecule has 0 saturated heterocycles. The van der Waals surface area contributed by atoms with E-state index in [0.717, 1.165) is 5.39 Å². The number of carboxylic acids is 1. The van der Waals surface area contributed by atoms with Gasteiger partial charge in [-0.05, 0) is 12.1 Å². The first-order chi connectivity index (χ1) is 10.8. The van der Waals surface area contributed by atoms with Crippen molar-refractivity contribution in [1.82, 2.24) is 4.98 Å². The van der Waals surface area contributed by atoms with Crippen LogP contribution < -0.4 is 4.74 Å². The maximum absolute atomic E-state index is 11.1. The summed E-state index contributed by atoms with van der Waals surface area (Å²) >= 11 is 5.84. The van der Waals surface area contributed by atoms with E-state index in [4.69, 9.17) is 21.4 Å². The number of hydrogen-bond donors (Lipinski definition) is 5. The number of nitrogens with one attached hydrogen (secondary N) is 1. The van der Waals surface area contributed by atoms with Crippen LogP contribution in [0.3, 0.4) is 0 Å². The third-order valence-electron chi connectivity index (χ3n) is 3.22. The normalized spacial score (nSPS) is 16.5. The molecule has 0 bridgehead atoms. The van der Waals surface area contributed by atoms with Crippen molar-refractivity contribution >= 4 is 34.8 Å². The number of hydrogen-bond acceptors (Lipinski definition) is 6. The maximum atomic E-state index is 11.1. The molecule has 0 fully saturated rings. The largest absolute Gasteiger partial charge is 0.479 e. The second-order valence-corrected chi connectivity index (χ2v) is 5.28. The number of rotatable bonds is 7. The van der Waals surface area contributed by atoms with Crippen LogP contribution in [0.2, 0.25) is 5.02 Å². The molecule has 9 heteroatoms. The van der Waals surface area contributed by atoms with Crippen molar-refractivity contribution in [3.8, 4) is 5.88 Å². The monoisotopic (exact) mass is 343 g/mol. The molecule has 0 saturated carbocycles. The number of carbonyl (C=O) groups excluding carboxylic acids is 1. The lowest BCUT2D eigenvalue weighted by atomic mass is 10.0. The Morgan fingerprint density at radius 1 is 1.22 bits per heavy atom. The quantitative estimate of drug-likeness (QED) is 0.443. The Bertz CT molecular complexity index is 716. The molecule has 8 nitrogen and oxygen atoms in total. The zero-order valence-electron chi connectivity index (χ0n) is 11.6. The SMILES string of the molecule is O=C[C@H](Oc1cc2ccc(Cl)cc2[nH]1)[C@@H](O)[C@H](O)[C@H](O)C(=O)O. The zero-order chi connectivity index (χ0) is 17.1. The van der Waals surface area contributed by atoms with Crippen LogP contribution in [0.15, 0.2) is 24.3 Å². The Labute approximate surface area is 134 Å². The van der Waals surface area contributed by atoms with Crippen molar-refractivity contribution in [2.24, 2.45) is 0 Å². The van der Waals surface area contributed by atoms with Crippen molar-refractivity contribution in [1.29, 1.82) is 0 Å². The molecule has 0 aliphatic rings. The summed E-state index contributed by atoms with van der Waals surface area (Å²) in [5.74, 6) is -1.63. The van der Waals surface area contributed by atoms with E-state index in [1.54, 1.807) is 18.2 Å². The van der Waals surface area contributed by atoms with E-state index < -0.39 is 30.4 Å². The molecule has 124 valence electrons. The summed E-state index contributed by atoms with van der Waals surface area (Å²) in [5, 5.41) is 38.4. The van der Waals surface area contributed by atoms with Gasteiger partial charge in [0.05, 0.1) is 0 Å². The Morgan fingerprint density at radius 2 is 1.91 bits per heavy atom. The van der Waals surface area contributed by atoms with Crippen molar-refractivity contribution in [3.63, 3.8) is 0 Å². The molecule has 1 aromatic heterocycles. The molecule has 0 spiro atoms. The molecule has 23 heavy (non-hydrogen) atoms. The number of aromatic amines is 1. The minimum Gasteiger partial charge on any atom is -0.479 e. The number of aliphatic hydroxyl groups excluding tert-OH is 3. The summed E-state index contributed by atoms with van der Waals surface area (Å²) in [6.45, 7) is 0. The van der Waals surface area contributed by atoms with Gasteiger partial charge < -0.3 is 30.1 Å². The summed E-state index contributed by atoms with van der Waals surface area (Å²) in [7, 11) is 0. The number of carbonyl (C=O) groups is 2. The highest BCUT2D eigenvalue weighted by Crippen LogP contribution is 2.24. The first-order valence-electron chi connectivity index (χ1n) is 6.50. The van der Waals surface area contributed by atoms with Gasteiger partial charge in [0.1, 0.15) is 12.2 Å². The number of aldehydes is 1. The van der Waals surface area contributed by atoms with Gasteiger partial charge >= 0.3 is 5.97 Å². The molecule has 0 aliphatic carbocycles.